The van der Waals surface area contributed by atoms with E-state index in [4.69, 9.17) is 0 Å². The normalized spacial score (nSPS) is 13.0. The molecule has 0 aliphatic carbocycles. The molecule has 1 unspecified atom stereocenters. The minimum atomic E-state index is -0.399. The van der Waals surface area contributed by atoms with E-state index in [1.807, 2.05) is 7.05 Å². The van der Waals surface area contributed by atoms with Crippen molar-refractivity contribution in [1.82, 2.24) is 10.6 Å². The molecule has 0 radical (unpaired) electrons. The van der Waals surface area contributed by atoms with Crippen molar-refractivity contribution >= 4 is 0 Å². The lowest BCUT2D eigenvalue weighted by atomic mass is 9.96. The molecule has 18 heavy (non-hydrogen) atoms. The highest BCUT2D eigenvalue weighted by molar-refractivity contribution is 5.18. The Kier molecular flexibility index (Phi) is 6.22. The van der Waals surface area contributed by atoms with E-state index in [-0.39, 0.29) is 5.82 Å². The molecular weight excluding hydrogens is 234 g/mol. The zero-order chi connectivity index (χ0) is 13.5. The van der Waals surface area contributed by atoms with Gasteiger partial charge >= 0.3 is 0 Å². The fourth-order valence-electron chi connectivity index (χ4n) is 1.88. The smallest absolute Gasteiger partial charge is 0.127 e. The Bertz CT molecular complexity index is 367. The molecule has 0 spiro atoms. The summed E-state index contributed by atoms with van der Waals surface area (Å²) in [5.41, 5.74) is 0.377. The van der Waals surface area contributed by atoms with Crippen molar-refractivity contribution in [3.8, 4) is 0 Å². The summed E-state index contributed by atoms with van der Waals surface area (Å²) >= 11 is 0. The van der Waals surface area contributed by atoms with Gasteiger partial charge in [-0.3, -0.25) is 0 Å². The van der Waals surface area contributed by atoms with Crippen molar-refractivity contribution in [1.29, 1.82) is 0 Å². The first-order valence-corrected chi connectivity index (χ1v) is 6.33. The maximum atomic E-state index is 13.4. The van der Waals surface area contributed by atoms with Gasteiger partial charge in [0.15, 0.2) is 0 Å². The maximum Gasteiger partial charge on any atom is 0.127 e. The van der Waals surface area contributed by atoms with Crippen molar-refractivity contribution in [2.75, 3.05) is 20.1 Å². The molecule has 0 aliphatic rings. The fraction of sp³-hybridized carbons (Fsp3) is 0.571. The Morgan fingerprint density at radius 2 is 1.89 bits per heavy atom. The van der Waals surface area contributed by atoms with Gasteiger partial charge in [-0.1, -0.05) is 13.8 Å². The third-order valence-corrected chi connectivity index (χ3v) is 3.14. The van der Waals surface area contributed by atoms with Gasteiger partial charge in [0, 0.05) is 12.1 Å². The van der Waals surface area contributed by atoms with Crippen LogP contribution in [0.15, 0.2) is 18.2 Å². The second-order valence-corrected chi connectivity index (χ2v) is 4.93. The molecule has 1 aromatic rings. The van der Waals surface area contributed by atoms with Crippen molar-refractivity contribution in [2.45, 2.75) is 20.4 Å². The highest BCUT2D eigenvalue weighted by atomic mass is 19.1. The van der Waals surface area contributed by atoms with Gasteiger partial charge in [-0.15, -0.1) is 0 Å². The number of benzene rings is 1. The van der Waals surface area contributed by atoms with Crippen molar-refractivity contribution in [3.05, 3.63) is 35.4 Å². The summed E-state index contributed by atoms with van der Waals surface area (Å²) in [7, 11) is 1.92. The molecule has 0 saturated carbocycles. The minimum Gasteiger partial charge on any atom is -0.319 e. The summed E-state index contributed by atoms with van der Waals surface area (Å²) in [6.45, 7) is 6.38. The largest absolute Gasteiger partial charge is 0.319 e. The van der Waals surface area contributed by atoms with Crippen LogP contribution in [0.5, 0.6) is 0 Å². The van der Waals surface area contributed by atoms with Crippen LogP contribution in [-0.4, -0.2) is 20.1 Å². The van der Waals surface area contributed by atoms with E-state index < -0.39 is 5.82 Å². The molecule has 0 amide bonds. The van der Waals surface area contributed by atoms with E-state index in [9.17, 15) is 8.78 Å². The van der Waals surface area contributed by atoms with Crippen molar-refractivity contribution < 1.29 is 8.78 Å². The first kappa shape index (κ1) is 15.1. The first-order chi connectivity index (χ1) is 8.54. The molecular formula is C14H22F2N2. The van der Waals surface area contributed by atoms with Gasteiger partial charge in [-0.2, -0.15) is 0 Å². The van der Waals surface area contributed by atoms with Crippen LogP contribution in [0.3, 0.4) is 0 Å². The van der Waals surface area contributed by atoms with E-state index in [0.29, 0.717) is 23.9 Å². The average molecular weight is 256 g/mol. The molecule has 0 heterocycles. The molecule has 4 heteroatoms. The predicted molar refractivity (Wildman–Crippen MR) is 70.3 cm³/mol. The standard InChI is InChI=1S/C14H22F2N2/c1-10(2)12(7-17-3)9-18-8-11-6-13(15)4-5-14(11)16/h4-6,10,12,17-18H,7-9H2,1-3H3. The number of rotatable bonds is 7. The summed E-state index contributed by atoms with van der Waals surface area (Å²) in [4.78, 5) is 0. The van der Waals surface area contributed by atoms with Crippen LogP contribution in [0.1, 0.15) is 19.4 Å². The highest BCUT2D eigenvalue weighted by Crippen LogP contribution is 2.11. The van der Waals surface area contributed by atoms with E-state index in [1.54, 1.807) is 0 Å². The summed E-state index contributed by atoms with van der Waals surface area (Å²) in [5.74, 6) is 0.261. The van der Waals surface area contributed by atoms with E-state index in [2.05, 4.69) is 24.5 Å². The summed E-state index contributed by atoms with van der Waals surface area (Å²) in [5, 5.41) is 6.33. The third kappa shape index (κ3) is 4.70. The van der Waals surface area contributed by atoms with E-state index in [1.165, 1.54) is 12.1 Å². The average Bonchev–Trinajstić information content (AvgIpc) is 2.32. The molecule has 1 atom stereocenters. The van der Waals surface area contributed by atoms with Crippen LogP contribution < -0.4 is 10.6 Å². The summed E-state index contributed by atoms with van der Waals surface area (Å²) < 4.78 is 26.4. The zero-order valence-corrected chi connectivity index (χ0v) is 11.3. The van der Waals surface area contributed by atoms with Crippen LogP contribution in [-0.2, 0) is 6.54 Å². The summed E-state index contributed by atoms with van der Waals surface area (Å²) in [6, 6.07) is 3.54. The number of nitrogens with one attached hydrogen (secondary N) is 2. The molecule has 2 N–H and O–H groups in total. The van der Waals surface area contributed by atoms with Gasteiger partial charge in [0.05, 0.1) is 0 Å². The molecule has 0 aliphatic heterocycles. The van der Waals surface area contributed by atoms with Crippen molar-refractivity contribution in [3.63, 3.8) is 0 Å². The van der Waals surface area contributed by atoms with Crippen LogP contribution in [0.25, 0.3) is 0 Å². The third-order valence-electron chi connectivity index (χ3n) is 3.14. The van der Waals surface area contributed by atoms with Gasteiger partial charge in [0.2, 0.25) is 0 Å². The van der Waals surface area contributed by atoms with Crippen LogP contribution in [0.4, 0.5) is 8.78 Å². The van der Waals surface area contributed by atoms with E-state index >= 15 is 0 Å². The quantitative estimate of drug-likeness (QED) is 0.783. The molecule has 1 aromatic carbocycles. The van der Waals surface area contributed by atoms with Gasteiger partial charge in [-0.05, 0) is 50.2 Å². The van der Waals surface area contributed by atoms with Gasteiger partial charge < -0.3 is 10.6 Å². The molecule has 1 rings (SSSR count). The highest BCUT2D eigenvalue weighted by Gasteiger charge is 2.12. The Hall–Kier alpha value is -1.00. The number of halogens is 2. The minimum absolute atomic E-state index is 0.358. The Balaban J connectivity index is 2.47. The summed E-state index contributed by atoms with van der Waals surface area (Å²) in [6.07, 6.45) is 0. The fourth-order valence-corrected chi connectivity index (χ4v) is 1.88. The number of hydrogen-bond donors (Lipinski definition) is 2. The molecule has 0 saturated heterocycles. The Morgan fingerprint density at radius 3 is 2.50 bits per heavy atom. The van der Waals surface area contributed by atoms with Crippen LogP contribution in [0, 0.1) is 23.5 Å². The molecule has 102 valence electrons. The lowest BCUT2D eigenvalue weighted by Crippen LogP contribution is -2.33. The zero-order valence-electron chi connectivity index (χ0n) is 11.3. The molecule has 0 bridgehead atoms. The molecule has 0 aromatic heterocycles. The molecule has 2 nitrogen and oxygen atoms in total. The maximum absolute atomic E-state index is 13.4. The second kappa shape index (κ2) is 7.44. The predicted octanol–water partition coefficient (Wildman–Crippen LogP) is 2.55. The monoisotopic (exact) mass is 256 g/mol. The SMILES string of the molecule is CNCC(CNCc1cc(F)ccc1F)C(C)C. The van der Waals surface area contributed by atoms with Gasteiger partial charge in [0.1, 0.15) is 11.6 Å². The first-order valence-electron chi connectivity index (χ1n) is 6.33. The second-order valence-electron chi connectivity index (χ2n) is 4.93. The number of hydrogen-bond acceptors (Lipinski definition) is 2. The Labute approximate surface area is 108 Å². The molecule has 0 fully saturated rings. The lowest BCUT2D eigenvalue weighted by molar-refractivity contribution is 0.351. The van der Waals surface area contributed by atoms with Crippen LogP contribution in [0.2, 0.25) is 0 Å². The van der Waals surface area contributed by atoms with Gasteiger partial charge in [0.25, 0.3) is 0 Å². The van der Waals surface area contributed by atoms with Gasteiger partial charge in [-0.25, -0.2) is 8.78 Å². The van der Waals surface area contributed by atoms with E-state index in [0.717, 1.165) is 19.2 Å². The van der Waals surface area contributed by atoms with Crippen LogP contribution >= 0.6 is 0 Å². The topological polar surface area (TPSA) is 24.1 Å². The lowest BCUT2D eigenvalue weighted by Gasteiger charge is -2.21. The van der Waals surface area contributed by atoms with Crippen molar-refractivity contribution in [2.24, 2.45) is 11.8 Å². The Morgan fingerprint density at radius 1 is 1.17 bits per heavy atom.